The van der Waals surface area contributed by atoms with Crippen molar-refractivity contribution in [2.75, 3.05) is 6.54 Å². The summed E-state index contributed by atoms with van der Waals surface area (Å²) in [4.78, 5) is 34.8. The molecule has 0 atom stereocenters. The predicted octanol–water partition coefficient (Wildman–Crippen LogP) is 1.77. The average Bonchev–Trinajstić information content (AvgIpc) is 2.62. The van der Waals surface area contributed by atoms with Crippen LogP contribution in [-0.2, 0) is 19.4 Å². The summed E-state index contributed by atoms with van der Waals surface area (Å²) < 4.78 is 1.36. The number of fused-ring (bicyclic) bond motifs is 1. The lowest BCUT2D eigenvalue weighted by Gasteiger charge is -2.16. The van der Waals surface area contributed by atoms with E-state index in [0.29, 0.717) is 5.56 Å². The van der Waals surface area contributed by atoms with Crippen LogP contribution >= 0.6 is 0 Å². The van der Waals surface area contributed by atoms with Gasteiger partial charge in [0.25, 0.3) is 17.2 Å². The minimum Gasteiger partial charge on any atom is -0.350 e. The van der Waals surface area contributed by atoms with Crippen LogP contribution in [0.4, 0.5) is 5.69 Å². The van der Waals surface area contributed by atoms with E-state index in [4.69, 9.17) is 0 Å². The molecule has 1 aliphatic rings. The Balaban J connectivity index is 1.65. The van der Waals surface area contributed by atoms with Crippen molar-refractivity contribution in [1.29, 1.82) is 0 Å². The first-order valence-electron chi connectivity index (χ1n) is 8.59. The van der Waals surface area contributed by atoms with E-state index >= 15 is 0 Å². The monoisotopic (exact) mass is 356 g/mol. The molecule has 26 heavy (non-hydrogen) atoms. The van der Waals surface area contributed by atoms with Gasteiger partial charge in [0, 0.05) is 29.8 Å². The Hall–Kier alpha value is -3.03. The molecular formula is C18H20N4O4. The molecule has 0 saturated heterocycles. The maximum Gasteiger partial charge on any atom is 0.273 e. The summed E-state index contributed by atoms with van der Waals surface area (Å²) in [5.41, 5.74) is 2.42. The molecule has 1 N–H and O–H groups in total. The molecule has 1 heterocycles. The van der Waals surface area contributed by atoms with Gasteiger partial charge in [0.15, 0.2) is 0 Å². The highest BCUT2D eigenvalue weighted by Crippen LogP contribution is 2.19. The third-order valence-electron chi connectivity index (χ3n) is 4.55. The average molecular weight is 356 g/mol. The maximum atomic E-state index is 12.2. The standard InChI is InChI=1S/C18H20N4O4/c1-12-6-7-14(10-16(12)22(25)26)18(24)19-8-9-21-17(23)11-13-4-2-3-5-15(13)20-21/h6-7,10-11H,2-5,8-9H2,1H3,(H,19,24). The lowest BCUT2D eigenvalue weighted by atomic mass is 9.97. The van der Waals surface area contributed by atoms with Gasteiger partial charge in [-0.05, 0) is 44.2 Å². The van der Waals surface area contributed by atoms with Crippen LogP contribution in [-0.4, -0.2) is 27.2 Å². The van der Waals surface area contributed by atoms with E-state index in [0.717, 1.165) is 36.9 Å². The third-order valence-corrected chi connectivity index (χ3v) is 4.55. The smallest absolute Gasteiger partial charge is 0.273 e. The molecule has 0 fully saturated rings. The number of nitrogens with one attached hydrogen (secondary N) is 1. The second kappa shape index (κ2) is 7.47. The number of nitrogens with zero attached hydrogens (tertiary/aromatic N) is 3. The normalized spacial score (nSPS) is 13.1. The highest BCUT2D eigenvalue weighted by atomic mass is 16.6. The third kappa shape index (κ3) is 3.79. The van der Waals surface area contributed by atoms with Gasteiger partial charge in [0.05, 0.1) is 17.2 Å². The number of carbonyl (C=O) groups is 1. The van der Waals surface area contributed by atoms with Crippen molar-refractivity contribution in [1.82, 2.24) is 15.1 Å². The van der Waals surface area contributed by atoms with E-state index in [-0.39, 0.29) is 29.9 Å². The van der Waals surface area contributed by atoms with Crippen LogP contribution in [0.15, 0.2) is 29.1 Å². The van der Waals surface area contributed by atoms with Gasteiger partial charge in [-0.3, -0.25) is 19.7 Å². The van der Waals surface area contributed by atoms with Crippen molar-refractivity contribution >= 4 is 11.6 Å². The molecule has 1 aromatic carbocycles. The van der Waals surface area contributed by atoms with Gasteiger partial charge in [0.2, 0.25) is 0 Å². The van der Waals surface area contributed by atoms with Gasteiger partial charge in [0.1, 0.15) is 0 Å². The molecule has 8 nitrogen and oxygen atoms in total. The van der Waals surface area contributed by atoms with Gasteiger partial charge in [-0.25, -0.2) is 4.68 Å². The Kier molecular flexibility index (Phi) is 5.11. The molecule has 8 heteroatoms. The number of nitro benzene ring substituents is 1. The number of aromatic nitrogens is 2. The number of hydrogen-bond acceptors (Lipinski definition) is 5. The topological polar surface area (TPSA) is 107 Å². The lowest BCUT2D eigenvalue weighted by Crippen LogP contribution is -2.33. The molecule has 0 saturated carbocycles. The first-order chi connectivity index (χ1) is 12.5. The summed E-state index contributed by atoms with van der Waals surface area (Å²) in [5, 5.41) is 18.1. The summed E-state index contributed by atoms with van der Waals surface area (Å²) in [6, 6.07) is 5.98. The molecule has 0 radical (unpaired) electrons. The van der Waals surface area contributed by atoms with Gasteiger partial charge >= 0.3 is 0 Å². The van der Waals surface area contributed by atoms with Crippen LogP contribution in [0.1, 0.15) is 40.0 Å². The van der Waals surface area contributed by atoms with Crippen molar-refractivity contribution in [3.05, 3.63) is 67.1 Å². The molecule has 0 aliphatic heterocycles. The molecule has 0 spiro atoms. The van der Waals surface area contributed by atoms with E-state index in [1.165, 1.54) is 10.7 Å². The summed E-state index contributed by atoms with van der Waals surface area (Å²) in [5.74, 6) is -0.417. The van der Waals surface area contributed by atoms with Crippen LogP contribution < -0.4 is 10.9 Å². The van der Waals surface area contributed by atoms with E-state index in [2.05, 4.69) is 10.4 Å². The lowest BCUT2D eigenvalue weighted by molar-refractivity contribution is -0.385. The first-order valence-corrected chi connectivity index (χ1v) is 8.59. The minimum atomic E-state index is -0.511. The minimum absolute atomic E-state index is 0.0924. The number of rotatable bonds is 5. The van der Waals surface area contributed by atoms with Gasteiger partial charge < -0.3 is 5.32 Å². The number of hydrogen-bond donors (Lipinski definition) is 1. The molecule has 1 aromatic heterocycles. The zero-order valence-electron chi connectivity index (χ0n) is 14.5. The molecule has 1 aliphatic carbocycles. The van der Waals surface area contributed by atoms with Crippen LogP contribution in [0.3, 0.4) is 0 Å². The Bertz CT molecular complexity index is 920. The number of carbonyl (C=O) groups excluding carboxylic acids is 1. The van der Waals surface area contributed by atoms with Gasteiger partial charge in [-0.15, -0.1) is 0 Å². The van der Waals surface area contributed by atoms with E-state index in [1.54, 1.807) is 25.1 Å². The zero-order chi connectivity index (χ0) is 18.7. The maximum absolute atomic E-state index is 12.2. The second-order valence-corrected chi connectivity index (χ2v) is 6.40. The first kappa shape index (κ1) is 17.8. The highest BCUT2D eigenvalue weighted by molar-refractivity contribution is 5.94. The van der Waals surface area contributed by atoms with Crippen LogP contribution in [0.2, 0.25) is 0 Å². The predicted molar refractivity (Wildman–Crippen MR) is 95.3 cm³/mol. The number of nitro groups is 1. The van der Waals surface area contributed by atoms with Crippen molar-refractivity contribution in [3.8, 4) is 0 Å². The van der Waals surface area contributed by atoms with Crippen molar-refractivity contribution in [2.24, 2.45) is 0 Å². The van der Waals surface area contributed by atoms with Crippen LogP contribution in [0.25, 0.3) is 0 Å². The Morgan fingerprint density at radius 2 is 2.08 bits per heavy atom. The summed E-state index contributed by atoms with van der Waals surface area (Å²) in [6.07, 6.45) is 3.91. The fraction of sp³-hybridized carbons (Fsp3) is 0.389. The van der Waals surface area contributed by atoms with E-state index in [9.17, 15) is 19.7 Å². The Labute approximate surface area is 150 Å². The number of benzene rings is 1. The molecule has 136 valence electrons. The number of amides is 1. The summed E-state index contributed by atoms with van der Waals surface area (Å²) >= 11 is 0. The molecule has 3 rings (SSSR count). The molecular weight excluding hydrogens is 336 g/mol. The summed E-state index contributed by atoms with van der Waals surface area (Å²) in [6.45, 7) is 2.09. The number of aryl methyl sites for hydroxylation is 3. The van der Waals surface area contributed by atoms with Crippen LogP contribution in [0, 0.1) is 17.0 Å². The van der Waals surface area contributed by atoms with Gasteiger partial charge in [-0.1, -0.05) is 6.07 Å². The quantitative estimate of drug-likeness (QED) is 0.649. The van der Waals surface area contributed by atoms with Crippen molar-refractivity contribution in [3.63, 3.8) is 0 Å². The fourth-order valence-corrected chi connectivity index (χ4v) is 3.09. The molecule has 0 bridgehead atoms. The van der Waals surface area contributed by atoms with Gasteiger partial charge in [-0.2, -0.15) is 5.10 Å². The zero-order valence-corrected chi connectivity index (χ0v) is 14.5. The molecule has 1 amide bonds. The summed E-state index contributed by atoms with van der Waals surface area (Å²) in [7, 11) is 0. The Morgan fingerprint density at radius 1 is 1.31 bits per heavy atom. The second-order valence-electron chi connectivity index (χ2n) is 6.40. The molecule has 0 unspecified atom stereocenters. The largest absolute Gasteiger partial charge is 0.350 e. The van der Waals surface area contributed by atoms with Crippen molar-refractivity contribution in [2.45, 2.75) is 39.2 Å². The van der Waals surface area contributed by atoms with Crippen LogP contribution in [0.5, 0.6) is 0 Å². The SMILES string of the molecule is Cc1ccc(C(=O)NCCn2nc3c(cc2=O)CCCC3)cc1[N+](=O)[O-]. The Morgan fingerprint density at radius 3 is 2.85 bits per heavy atom. The van der Waals surface area contributed by atoms with E-state index in [1.807, 2.05) is 0 Å². The highest BCUT2D eigenvalue weighted by Gasteiger charge is 2.16. The fourth-order valence-electron chi connectivity index (χ4n) is 3.09. The molecule has 2 aromatic rings. The van der Waals surface area contributed by atoms with Crippen molar-refractivity contribution < 1.29 is 9.72 Å². The van der Waals surface area contributed by atoms with E-state index < -0.39 is 10.8 Å².